The summed E-state index contributed by atoms with van der Waals surface area (Å²) < 4.78 is 10.6. The van der Waals surface area contributed by atoms with Crippen LogP contribution in [0.3, 0.4) is 0 Å². The Morgan fingerprint density at radius 2 is 1.72 bits per heavy atom. The van der Waals surface area contributed by atoms with Crippen LogP contribution >= 0.6 is 11.6 Å². The number of aliphatic hydroxyl groups excluding tert-OH is 1. The van der Waals surface area contributed by atoms with E-state index in [0.29, 0.717) is 48.2 Å². The third-order valence-corrected chi connectivity index (χ3v) is 6.10. The molecule has 1 atom stereocenters. The number of carbonyl (C=O) groups excluding carboxylic acids is 2. The number of rotatable bonds is 6. The maximum atomic E-state index is 13.1. The van der Waals surface area contributed by atoms with Crippen molar-refractivity contribution in [1.82, 2.24) is 9.80 Å². The highest BCUT2D eigenvalue weighted by Crippen LogP contribution is 2.39. The number of hydrogen-bond donors (Lipinski definition) is 1. The lowest BCUT2D eigenvalue weighted by atomic mass is 9.95. The molecule has 2 saturated heterocycles. The van der Waals surface area contributed by atoms with E-state index >= 15 is 0 Å². The van der Waals surface area contributed by atoms with Crippen molar-refractivity contribution in [2.24, 2.45) is 0 Å². The minimum atomic E-state index is -0.699. The number of ketones is 1. The third kappa shape index (κ3) is 4.50. The average Bonchev–Trinajstić information content (AvgIpc) is 3.08. The Morgan fingerprint density at radius 1 is 1.06 bits per heavy atom. The standard InChI is InChI=1S/C24H25ClN2O5/c1-31-19-8-4-17(5-9-19)22(28)20-21(16-2-6-18(25)7-3-16)27(24(30)23(20)29)11-10-26-12-14-32-15-13-26/h2-9,21,28H,10-15H2,1H3/b22-20+. The molecule has 8 heteroatoms. The predicted octanol–water partition coefficient (Wildman–Crippen LogP) is 3.10. The van der Waals surface area contributed by atoms with E-state index in [0.717, 1.165) is 13.1 Å². The summed E-state index contributed by atoms with van der Waals surface area (Å²) in [6, 6.07) is 13.0. The van der Waals surface area contributed by atoms with Crippen LogP contribution in [0.5, 0.6) is 5.75 Å². The molecule has 2 aromatic rings. The third-order valence-electron chi connectivity index (χ3n) is 5.85. The van der Waals surface area contributed by atoms with Crippen molar-refractivity contribution < 1.29 is 24.2 Å². The molecule has 0 aromatic heterocycles. The van der Waals surface area contributed by atoms with Gasteiger partial charge in [0, 0.05) is 36.8 Å². The van der Waals surface area contributed by atoms with Crippen LogP contribution in [0.15, 0.2) is 54.1 Å². The van der Waals surface area contributed by atoms with Crippen molar-refractivity contribution in [3.8, 4) is 5.75 Å². The molecule has 1 N–H and O–H groups in total. The van der Waals surface area contributed by atoms with E-state index < -0.39 is 17.7 Å². The first-order chi connectivity index (χ1) is 15.5. The Balaban J connectivity index is 1.71. The molecule has 0 radical (unpaired) electrons. The van der Waals surface area contributed by atoms with E-state index in [1.165, 1.54) is 4.90 Å². The summed E-state index contributed by atoms with van der Waals surface area (Å²) in [7, 11) is 1.55. The molecule has 168 valence electrons. The molecule has 2 fully saturated rings. The molecule has 0 aliphatic carbocycles. The summed E-state index contributed by atoms with van der Waals surface area (Å²) in [4.78, 5) is 29.8. The van der Waals surface area contributed by atoms with Gasteiger partial charge in [-0.15, -0.1) is 0 Å². The van der Waals surface area contributed by atoms with Crippen LogP contribution in [-0.4, -0.2) is 73.1 Å². The van der Waals surface area contributed by atoms with Gasteiger partial charge < -0.3 is 19.5 Å². The maximum Gasteiger partial charge on any atom is 0.295 e. The summed E-state index contributed by atoms with van der Waals surface area (Å²) in [5, 5.41) is 11.6. The normalized spacial score (nSPS) is 21.2. The number of amides is 1. The maximum absolute atomic E-state index is 13.1. The number of benzene rings is 2. The van der Waals surface area contributed by atoms with E-state index in [1.807, 2.05) is 0 Å². The van der Waals surface area contributed by atoms with Crippen LogP contribution in [0.1, 0.15) is 17.2 Å². The fraction of sp³-hybridized carbons (Fsp3) is 0.333. The molecule has 4 rings (SSSR count). The van der Waals surface area contributed by atoms with E-state index in [-0.39, 0.29) is 11.3 Å². The van der Waals surface area contributed by atoms with Crippen molar-refractivity contribution in [3.05, 3.63) is 70.3 Å². The van der Waals surface area contributed by atoms with Crippen LogP contribution in [0.25, 0.3) is 5.76 Å². The van der Waals surface area contributed by atoms with E-state index in [1.54, 1.807) is 55.6 Å². The van der Waals surface area contributed by atoms with Crippen molar-refractivity contribution in [2.45, 2.75) is 6.04 Å². The Labute approximate surface area is 191 Å². The quantitative estimate of drug-likeness (QED) is 0.409. The minimum Gasteiger partial charge on any atom is -0.507 e. The van der Waals surface area contributed by atoms with Crippen LogP contribution in [0.2, 0.25) is 5.02 Å². The molecule has 2 aliphatic rings. The van der Waals surface area contributed by atoms with Gasteiger partial charge in [-0.05, 0) is 42.0 Å². The molecule has 2 heterocycles. The monoisotopic (exact) mass is 456 g/mol. The van der Waals surface area contributed by atoms with E-state index in [4.69, 9.17) is 21.1 Å². The number of hydrogen-bond acceptors (Lipinski definition) is 6. The van der Waals surface area contributed by atoms with Crippen molar-refractivity contribution in [2.75, 3.05) is 46.5 Å². The van der Waals surface area contributed by atoms with Gasteiger partial charge >= 0.3 is 0 Å². The zero-order valence-electron chi connectivity index (χ0n) is 17.8. The van der Waals surface area contributed by atoms with Crippen LogP contribution in [-0.2, 0) is 14.3 Å². The Kier molecular flexibility index (Phi) is 6.79. The van der Waals surface area contributed by atoms with Crippen molar-refractivity contribution in [3.63, 3.8) is 0 Å². The molecule has 2 aromatic carbocycles. The Hall–Kier alpha value is -2.87. The first kappa shape index (κ1) is 22.3. The number of aliphatic hydroxyl groups is 1. The first-order valence-electron chi connectivity index (χ1n) is 10.5. The second kappa shape index (κ2) is 9.73. The lowest BCUT2D eigenvalue weighted by molar-refractivity contribution is -0.140. The molecular weight excluding hydrogens is 432 g/mol. The predicted molar refractivity (Wildman–Crippen MR) is 121 cm³/mol. The van der Waals surface area contributed by atoms with Gasteiger partial charge in [0.15, 0.2) is 0 Å². The van der Waals surface area contributed by atoms with Gasteiger partial charge in [-0.25, -0.2) is 0 Å². The number of likely N-dealkylation sites (tertiary alicyclic amines) is 1. The number of Topliss-reactive ketones (excluding diaryl/α,β-unsaturated/α-hetero) is 1. The molecule has 0 bridgehead atoms. The lowest BCUT2D eigenvalue weighted by Crippen LogP contribution is -2.42. The number of carbonyl (C=O) groups is 2. The highest BCUT2D eigenvalue weighted by atomic mass is 35.5. The molecular formula is C24H25ClN2O5. The number of morpholine rings is 1. The van der Waals surface area contributed by atoms with Crippen LogP contribution < -0.4 is 4.74 Å². The number of halogens is 1. The second-order valence-electron chi connectivity index (χ2n) is 7.73. The summed E-state index contributed by atoms with van der Waals surface area (Å²) in [5.41, 5.74) is 1.23. The molecule has 1 amide bonds. The topological polar surface area (TPSA) is 79.3 Å². The van der Waals surface area contributed by atoms with E-state index in [2.05, 4.69) is 4.90 Å². The van der Waals surface area contributed by atoms with Gasteiger partial charge in [0.05, 0.1) is 31.9 Å². The van der Waals surface area contributed by atoms with Crippen LogP contribution in [0.4, 0.5) is 0 Å². The van der Waals surface area contributed by atoms with Gasteiger partial charge in [0.2, 0.25) is 0 Å². The Bertz CT molecular complexity index is 1010. The van der Waals surface area contributed by atoms with Gasteiger partial charge in [-0.2, -0.15) is 0 Å². The molecule has 1 unspecified atom stereocenters. The number of methoxy groups -OCH3 is 1. The molecule has 2 aliphatic heterocycles. The van der Waals surface area contributed by atoms with E-state index in [9.17, 15) is 14.7 Å². The fourth-order valence-electron chi connectivity index (χ4n) is 4.08. The highest BCUT2D eigenvalue weighted by molar-refractivity contribution is 6.46. The van der Waals surface area contributed by atoms with Crippen molar-refractivity contribution in [1.29, 1.82) is 0 Å². The van der Waals surface area contributed by atoms with Crippen molar-refractivity contribution >= 4 is 29.1 Å². The summed E-state index contributed by atoms with van der Waals surface area (Å²) in [5.74, 6) is -0.893. The molecule has 7 nitrogen and oxygen atoms in total. The fourth-order valence-corrected chi connectivity index (χ4v) is 4.21. The average molecular weight is 457 g/mol. The van der Waals surface area contributed by atoms with Gasteiger partial charge in [-0.3, -0.25) is 14.5 Å². The summed E-state index contributed by atoms with van der Waals surface area (Å²) in [6.45, 7) is 3.83. The highest BCUT2D eigenvalue weighted by Gasteiger charge is 2.46. The molecule has 0 saturated carbocycles. The lowest BCUT2D eigenvalue weighted by Gasteiger charge is -2.31. The van der Waals surface area contributed by atoms with Gasteiger partial charge in [0.1, 0.15) is 11.5 Å². The number of nitrogens with zero attached hydrogens (tertiary/aromatic N) is 2. The van der Waals surface area contributed by atoms with Gasteiger partial charge in [0.25, 0.3) is 11.7 Å². The summed E-state index contributed by atoms with van der Waals surface area (Å²) >= 11 is 6.06. The molecule has 32 heavy (non-hydrogen) atoms. The zero-order chi connectivity index (χ0) is 22.7. The first-order valence-corrected chi connectivity index (χ1v) is 10.9. The largest absolute Gasteiger partial charge is 0.507 e. The van der Waals surface area contributed by atoms with Gasteiger partial charge in [-0.1, -0.05) is 23.7 Å². The minimum absolute atomic E-state index is 0.0736. The number of ether oxygens (including phenoxy) is 2. The summed E-state index contributed by atoms with van der Waals surface area (Å²) in [6.07, 6.45) is 0. The SMILES string of the molecule is COc1ccc(/C(O)=C2\C(=O)C(=O)N(CCN3CCOCC3)C2c2ccc(Cl)cc2)cc1. The second-order valence-corrected chi connectivity index (χ2v) is 8.16. The smallest absolute Gasteiger partial charge is 0.295 e. The zero-order valence-corrected chi connectivity index (χ0v) is 18.5. The van der Waals surface area contributed by atoms with Crippen LogP contribution in [0, 0.1) is 0 Å². The Morgan fingerprint density at radius 3 is 2.34 bits per heavy atom. The molecule has 0 spiro atoms.